The van der Waals surface area contributed by atoms with E-state index in [1.54, 1.807) is 18.3 Å². The molecule has 0 aliphatic heterocycles. The first-order valence-corrected chi connectivity index (χ1v) is 13.2. The molecular weight excluding hydrogens is 493 g/mol. The molecule has 0 fully saturated rings. The van der Waals surface area contributed by atoms with E-state index in [0.717, 1.165) is 33.2 Å². The average molecular weight is 530 g/mol. The molecule has 0 aliphatic carbocycles. The molecule has 0 atom stereocenters. The fourth-order valence-electron chi connectivity index (χ4n) is 5.42. The van der Waals surface area contributed by atoms with E-state index in [1.165, 1.54) is 12.1 Å². The highest BCUT2D eigenvalue weighted by atomic mass is 19.4. The van der Waals surface area contributed by atoms with Gasteiger partial charge < -0.3 is 0 Å². The van der Waals surface area contributed by atoms with Crippen LogP contribution in [0.5, 0.6) is 0 Å². The average Bonchev–Trinajstić information content (AvgIpc) is 2.82. The number of nitriles is 1. The van der Waals surface area contributed by atoms with E-state index >= 15 is 0 Å². The van der Waals surface area contributed by atoms with E-state index in [2.05, 4.69) is 45.0 Å². The van der Waals surface area contributed by atoms with Gasteiger partial charge in [-0.25, -0.2) is 0 Å². The lowest BCUT2D eigenvalue weighted by Crippen LogP contribution is -2.32. The summed E-state index contributed by atoms with van der Waals surface area (Å²) in [5.74, 6) is 0. The van der Waals surface area contributed by atoms with Crippen LogP contribution < -0.4 is 4.57 Å². The van der Waals surface area contributed by atoms with Gasteiger partial charge in [0.2, 0.25) is 5.69 Å². The lowest BCUT2D eigenvalue weighted by molar-refractivity contribution is -0.660. The number of rotatable bonds is 3. The summed E-state index contributed by atoms with van der Waals surface area (Å²) >= 11 is 0. The Hall–Kier alpha value is -3.65. The lowest BCUT2D eigenvalue weighted by atomic mass is 9.80. The number of hydrogen-bond acceptors (Lipinski definition) is 1. The molecule has 3 aromatic carbocycles. The van der Waals surface area contributed by atoms with Gasteiger partial charge in [-0.05, 0) is 69.3 Å². The number of alkyl halides is 3. The molecule has 202 valence electrons. The molecule has 0 N–H and O–H groups in total. The Kier molecular flexibility index (Phi) is 7.15. The maximum atomic E-state index is 14.4. The van der Waals surface area contributed by atoms with E-state index < -0.39 is 11.7 Å². The summed E-state index contributed by atoms with van der Waals surface area (Å²) in [7, 11) is 1.84. The van der Waals surface area contributed by atoms with E-state index in [1.807, 2.05) is 51.4 Å². The van der Waals surface area contributed by atoms with Crippen molar-refractivity contribution in [1.29, 1.82) is 5.26 Å². The zero-order valence-electron chi connectivity index (χ0n) is 24.0. The maximum Gasteiger partial charge on any atom is 0.417 e. The summed E-state index contributed by atoms with van der Waals surface area (Å²) in [6, 6.07) is 18.8. The van der Waals surface area contributed by atoms with Gasteiger partial charge in [0.05, 0.1) is 5.56 Å². The van der Waals surface area contributed by atoms with Crippen LogP contribution in [-0.2, 0) is 25.1 Å². The highest BCUT2D eigenvalue weighted by Gasteiger charge is 2.35. The third kappa shape index (κ3) is 5.71. The van der Waals surface area contributed by atoms with Gasteiger partial charge in [0, 0.05) is 17.2 Å². The topological polar surface area (TPSA) is 27.7 Å². The number of nitrogens with zero attached hydrogens (tertiary/aromatic N) is 2. The van der Waals surface area contributed by atoms with Crippen molar-refractivity contribution in [1.82, 2.24) is 0 Å². The van der Waals surface area contributed by atoms with E-state index in [9.17, 15) is 18.4 Å². The van der Waals surface area contributed by atoms with Crippen LogP contribution >= 0.6 is 0 Å². The first kappa shape index (κ1) is 28.4. The van der Waals surface area contributed by atoms with Gasteiger partial charge in [-0.3, -0.25) is 0 Å². The molecule has 1 aromatic heterocycles. The zero-order chi connectivity index (χ0) is 28.9. The molecule has 0 bridgehead atoms. The van der Waals surface area contributed by atoms with Crippen molar-refractivity contribution in [3.05, 3.63) is 88.6 Å². The highest BCUT2D eigenvalue weighted by molar-refractivity contribution is 5.94. The third-order valence-electron chi connectivity index (χ3n) is 7.21. The Morgan fingerprint density at radius 1 is 0.795 bits per heavy atom. The van der Waals surface area contributed by atoms with E-state index in [0.29, 0.717) is 12.0 Å². The Bertz CT molecular complexity index is 1610. The van der Waals surface area contributed by atoms with Crippen LogP contribution in [0.2, 0.25) is 0 Å². The van der Waals surface area contributed by atoms with E-state index in [4.69, 9.17) is 0 Å². The van der Waals surface area contributed by atoms with Gasteiger partial charge in [0.15, 0.2) is 6.20 Å². The summed E-state index contributed by atoms with van der Waals surface area (Å²) in [5.41, 5.74) is 3.99. The Balaban J connectivity index is 2.03. The Morgan fingerprint density at radius 3 is 2.00 bits per heavy atom. The summed E-state index contributed by atoms with van der Waals surface area (Å²) < 4.78 is 45.1. The second-order valence-electron chi connectivity index (χ2n) is 12.7. The number of pyridine rings is 1. The monoisotopic (exact) mass is 529 g/mol. The summed E-state index contributed by atoms with van der Waals surface area (Å²) in [4.78, 5) is 0. The Labute approximate surface area is 229 Å². The van der Waals surface area contributed by atoms with Crippen molar-refractivity contribution >= 4 is 10.8 Å². The molecule has 4 rings (SSSR count). The molecule has 0 unspecified atom stereocenters. The SMILES string of the molecule is Cc1c(-c2cc(-c3ccc(CC(C)(C)C)cc3C(F)(F)F)c(C#N)c[n+]2C)cc(C(C)(C)C)c2ccccc12. The van der Waals surface area contributed by atoms with Crippen molar-refractivity contribution in [3.63, 3.8) is 0 Å². The maximum absolute atomic E-state index is 14.4. The van der Waals surface area contributed by atoms with Crippen molar-refractivity contribution in [2.75, 3.05) is 0 Å². The largest absolute Gasteiger partial charge is 0.417 e. The van der Waals surface area contributed by atoms with Gasteiger partial charge >= 0.3 is 6.18 Å². The van der Waals surface area contributed by atoms with Crippen LogP contribution in [0, 0.1) is 23.7 Å². The molecule has 0 spiro atoms. The molecular formula is C34H36F3N2+. The first-order chi connectivity index (χ1) is 18.0. The first-order valence-electron chi connectivity index (χ1n) is 13.2. The number of fused-ring (bicyclic) bond motifs is 1. The van der Waals surface area contributed by atoms with Crippen molar-refractivity contribution in [3.8, 4) is 28.5 Å². The van der Waals surface area contributed by atoms with Crippen molar-refractivity contribution in [2.24, 2.45) is 12.5 Å². The normalized spacial score (nSPS) is 12.6. The predicted molar refractivity (Wildman–Crippen MR) is 152 cm³/mol. The van der Waals surface area contributed by atoms with Crippen LogP contribution in [0.15, 0.2) is 60.8 Å². The third-order valence-corrected chi connectivity index (χ3v) is 7.21. The molecule has 2 nitrogen and oxygen atoms in total. The van der Waals surface area contributed by atoms with Gasteiger partial charge in [-0.15, -0.1) is 0 Å². The molecule has 0 saturated carbocycles. The highest BCUT2D eigenvalue weighted by Crippen LogP contribution is 2.42. The van der Waals surface area contributed by atoms with Crippen LogP contribution in [0.4, 0.5) is 13.2 Å². The predicted octanol–water partition coefficient (Wildman–Crippen LogP) is 9.08. The van der Waals surface area contributed by atoms with E-state index in [-0.39, 0.29) is 27.5 Å². The van der Waals surface area contributed by atoms with Gasteiger partial charge in [0.1, 0.15) is 18.7 Å². The van der Waals surface area contributed by atoms with Gasteiger partial charge in [0.25, 0.3) is 0 Å². The summed E-state index contributed by atoms with van der Waals surface area (Å²) in [5, 5.41) is 12.2. The summed E-state index contributed by atoms with van der Waals surface area (Å²) in [6.45, 7) is 14.5. The fourth-order valence-corrected chi connectivity index (χ4v) is 5.42. The van der Waals surface area contributed by atoms with Crippen LogP contribution in [0.25, 0.3) is 33.2 Å². The molecule has 0 radical (unpaired) electrons. The quantitative estimate of drug-likeness (QED) is 0.243. The van der Waals surface area contributed by atoms with Gasteiger partial charge in [-0.2, -0.15) is 23.0 Å². The molecule has 0 saturated heterocycles. The number of aryl methyl sites for hydroxylation is 2. The summed E-state index contributed by atoms with van der Waals surface area (Å²) in [6.07, 6.45) is -2.41. The minimum absolute atomic E-state index is 0.0213. The second kappa shape index (κ2) is 9.83. The van der Waals surface area contributed by atoms with Crippen LogP contribution in [0.1, 0.15) is 69.4 Å². The zero-order valence-corrected chi connectivity index (χ0v) is 24.0. The Morgan fingerprint density at radius 2 is 1.44 bits per heavy atom. The number of benzene rings is 3. The fraction of sp³-hybridized carbons (Fsp3) is 0.353. The lowest BCUT2D eigenvalue weighted by Gasteiger charge is -2.24. The van der Waals surface area contributed by atoms with Crippen molar-refractivity contribution in [2.45, 2.75) is 66.5 Å². The van der Waals surface area contributed by atoms with Crippen LogP contribution in [0.3, 0.4) is 0 Å². The van der Waals surface area contributed by atoms with Crippen molar-refractivity contribution < 1.29 is 17.7 Å². The standard InChI is InChI=1S/C34H36F3N2/c1-21-24-11-9-10-12-25(24)29(33(5,6)7)16-27(21)31-17-28(23(19-38)20-39(31)8)26-14-13-22(18-32(2,3)4)15-30(26)34(35,36)37/h9-17,20H,18H2,1-8H3/q+1. The molecule has 1 heterocycles. The molecule has 4 aromatic rings. The van der Waals surface area contributed by atoms with Crippen LogP contribution in [-0.4, -0.2) is 0 Å². The second-order valence-corrected chi connectivity index (χ2v) is 12.7. The van der Waals surface area contributed by atoms with Gasteiger partial charge in [-0.1, -0.05) is 77.9 Å². The molecule has 5 heteroatoms. The molecule has 39 heavy (non-hydrogen) atoms. The minimum atomic E-state index is -4.56. The number of halogens is 3. The smallest absolute Gasteiger partial charge is 0.200 e. The number of hydrogen-bond donors (Lipinski definition) is 0. The number of aromatic nitrogens is 1. The molecule has 0 aliphatic rings. The molecule has 0 amide bonds. The minimum Gasteiger partial charge on any atom is -0.200 e.